The predicted molar refractivity (Wildman–Crippen MR) is 105 cm³/mol. The number of benzene rings is 2. The smallest absolute Gasteiger partial charge is 0.257 e. The van der Waals surface area contributed by atoms with Gasteiger partial charge in [0.2, 0.25) is 5.91 Å². The molecule has 2 heterocycles. The van der Waals surface area contributed by atoms with Crippen LogP contribution in [0.25, 0.3) is 11.5 Å². The number of likely N-dealkylation sites (tertiary alicyclic amines) is 1. The number of carbonyl (C=O) groups is 1. The Kier molecular flexibility index (Phi) is 5.55. The number of hydrogen-bond donors (Lipinski definition) is 0. The van der Waals surface area contributed by atoms with Gasteiger partial charge < -0.3 is 14.2 Å². The zero-order valence-corrected chi connectivity index (χ0v) is 16.2. The monoisotopic (exact) mass is 395 g/mol. The first-order valence-electron chi connectivity index (χ1n) is 9.71. The van der Waals surface area contributed by atoms with Crippen LogP contribution in [0.2, 0.25) is 0 Å². The van der Waals surface area contributed by atoms with Crippen molar-refractivity contribution in [1.82, 2.24) is 15.0 Å². The molecule has 0 spiro atoms. The number of amides is 1. The van der Waals surface area contributed by atoms with Crippen molar-refractivity contribution in [2.24, 2.45) is 0 Å². The number of aromatic nitrogens is 2. The van der Waals surface area contributed by atoms with Crippen LogP contribution in [0.3, 0.4) is 0 Å². The minimum absolute atomic E-state index is 0.0643. The summed E-state index contributed by atoms with van der Waals surface area (Å²) in [5.41, 5.74) is 1.69. The summed E-state index contributed by atoms with van der Waals surface area (Å²) in [6.07, 6.45) is 1.31. The van der Waals surface area contributed by atoms with Gasteiger partial charge in [-0.25, -0.2) is 4.39 Å². The van der Waals surface area contributed by atoms with E-state index in [2.05, 4.69) is 17.1 Å². The third-order valence-electron chi connectivity index (χ3n) is 4.88. The van der Waals surface area contributed by atoms with Crippen LogP contribution in [-0.2, 0) is 11.3 Å². The molecule has 1 unspecified atom stereocenters. The van der Waals surface area contributed by atoms with Crippen molar-refractivity contribution >= 4 is 5.91 Å². The van der Waals surface area contributed by atoms with E-state index in [9.17, 15) is 9.18 Å². The molecule has 7 heteroatoms. The van der Waals surface area contributed by atoms with E-state index in [1.54, 1.807) is 17.0 Å². The molecule has 0 radical (unpaired) electrons. The van der Waals surface area contributed by atoms with E-state index in [-0.39, 0.29) is 17.6 Å². The standard InChI is InChI=1S/C22H22FN3O3/c1-2-11-28-19-9-3-15(4-10-19)13-26-14-17(12-20(26)27)21-24-22(29-25-21)16-5-7-18(23)8-6-16/h3-10,17H,2,11-14H2,1H3. The van der Waals surface area contributed by atoms with Crippen molar-refractivity contribution < 1.29 is 18.4 Å². The van der Waals surface area contributed by atoms with Gasteiger partial charge in [-0.1, -0.05) is 24.2 Å². The molecule has 1 aliphatic rings. The van der Waals surface area contributed by atoms with E-state index in [1.165, 1.54) is 12.1 Å². The lowest BCUT2D eigenvalue weighted by Crippen LogP contribution is -2.24. The summed E-state index contributed by atoms with van der Waals surface area (Å²) >= 11 is 0. The van der Waals surface area contributed by atoms with E-state index in [4.69, 9.17) is 9.26 Å². The lowest BCUT2D eigenvalue weighted by atomic mass is 10.1. The van der Waals surface area contributed by atoms with Crippen molar-refractivity contribution in [3.05, 3.63) is 65.7 Å². The maximum atomic E-state index is 13.1. The molecule has 2 aromatic carbocycles. The lowest BCUT2D eigenvalue weighted by Gasteiger charge is -2.16. The van der Waals surface area contributed by atoms with E-state index in [0.717, 1.165) is 17.7 Å². The Morgan fingerprint density at radius 1 is 1.17 bits per heavy atom. The summed E-state index contributed by atoms with van der Waals surface area (Å²) in [6, 6.07) is 13.7. The molecule has 0 bridgehead atoms. The number of carbonyl (C=O) groups excluding carboxylic acids is 1. The van der Waals surface area contributed by atoms with Crippen LogP contribution >= 0.6 is 0 Å². The fourth-order valence-electron chi connectivity index (χ4n) is 3.34. The highest BCUT2D eigenvalue weighted by Gasteiger charge is 2.33. The molecule has 1 amide bonds. The zero-order chi connectivity index (χ0) is 20.2. The van der Waals surface area contributed by atoms with Crippen LogP contribution in [-0.4, -0.2) is 34.1 Å². The molecule has 1 saturated heterocycles. The van der Waals surface area contributed by atoms with Gasteiger partial charge in [0, 0.05) is 31.0 Å². The zero-order valence-electron chi connectivity index (χ0n) is 16.2. The summed E-state index contributed by atoms with van der Waals surface area (Å²) in [5.74, 6) is 1.29. The molecule has 0 aliphatic carbocycles. The van der Waals surface area contributed by atoms with Crippen LogP contribution in [0, 0.1) is 5.82 Å². The molecule has 150 valence electrons. The van der Waals surface area contributed by atoms with Crippen molar-refractivity contribution in [2.45, 2.75) is 32.2 Å². The number of ether oxygens (including phenoxy) is 1. The van der Waals surface area contributed by atoms with Gasteiger partial charge in [0.15, 0.2) is 5.82 Å². The highest BCUT2D eigenvalue weighted by Crippen LogP contribution is 2.29. The fraction of sp³-hybridized carbons (Fsp3) is 0.318. The molecule has 4 rings (SSSR count). The predicted octanol–water partition coefficient (Wildman–Crippen LogP) is 4.18. The Balaban J connectivity index is 1.40. The van der Waals surface area contributed by atoms with E-state index in [0.29, 0.717) is 43.4 Å². The maximum absolute atomic E-state index is 13.1. The normalized spacial score (nSPS) is 16.4. The van der Waals surface area contributed by atoms with Gasteiger partial charge in [0.05, 0.1) is 6.61 Å². The third kappa shape index (κ3) is 4.45. The first kappa shape index (κ1) is 19.1. The average molecular weight is 395 g/mol. The summed E-state index contributed by atoms with van der Waals surface area (Å²) in [6.45, 7) is 3.83. The number of hydrogen-bond acceptors (Lipinski definition) is 5. The number of rotatable bonds is 7. The van der Waals surface area contributed by atoms with Crippen molar-refractivity contribution in [3.63, 3.8) is 0 Å². The summed E-state index contributed by atoms with van der Waals surface area (Å²) in [4.78, 5) is 18.7. The Hall–Kier alpha value is -3.22. The second kappa shape index (κ2) is 8.43. The highest BCUT2D eigenvalue weighted by molar-refractivity contribution is 5.79. The summed E-state index contributed by atoms with van der Waals surface area (Å²) in [5, 5.41) is 4.04. The maximum Gasteiger partial charge on any atom is 0.257 e. The molecule has 1 aliphatic heterocycles. The van der Waals surface area contributed by atoms with Gasteiger partial charge in [0.1, 0.15) is 11.6 Å². The Bertz CT molecular complexity index is 970. The van der Waals surface area contributed by atoms with Crippen molar-refractivity contribution in [1.29, 1.82) is 0 Å². The topological polar surface area (TPSA) is 68.5 Å². The molecule has 6 nitrogen and oxygen atoms in total. The second-order valence-electron chi connectivity index (χ2n) is 7.13. The van der Waals surface area contributed by atoms with Gasteiger partial charge in [-0.2, -0.15) is 4.98 Å². The molecule has 1 aromatic heterocycles. The fourth-order valence-corrected chi connectivity index (χ4v) is 3.34. The first-order chi connectivity index (χ1) is 14.1. The largest absolute Gasteiger partial charge is 0.494 e. The van der Waals surface area contributed by atoms with Crippen molar-refractivity contribution in [3.8, 4) is 17.2 Å². The van der Waals surface area contributed by atoms with E-state index < -0.39 is 0 Å². The van der Waals surface area contributed by atoms with Gasteiger partial charge in [-0.05, 0) is 48.4 Å². The lowest BCUT2D eigenvalue weighted by molar-refractivity contribution is -0.128. The molecule has 29 heavy (non-hydrogen) atoms. The van der Waals surface area contributed by atoms with Gasteiger partial charge in [0.25, 0.3) is 5.89 Å². The number of nitrogens with zero attached hydrogens (tertiary/aromatic N) is 3. The molecule has 1 fully saturated rings. The third-order valence-corrected chi connectivity index (χ3v) is 4.88. The minimum atomic E-state index is -0.324. The summed E-state index contributed by atoms with van der Waals surface area (Å²) in [7, 11) is 0. The van der Waals surface area contributed by atoms with Gasteiger partial charge in [-0.15, -0.1) is 0 Å². The van der Waals surface area contributed by atoms with Crippen LogP contribution < -0.4 is 4.74 Å². The van der Waals surface area contributed by atoms with Gasteiger partial charge >= 0.3 is 0 Å². The van der Waals surface area contributed by atoms with E-state index >= 15 is 0 Å². The molecule has 1 atom stereocenters. The molecular formula is C22H22FN3O3. The van der Waals surface area contributed by atoms with Crippen LogP contribution in [0.5, 0.6) is 5.75 Å². The highest BCUT2D eigenvalue weighted by atomic mass is 19.1. The van der Waals surface area contributed by atoms with E-state index in [1.807, 2.05) is 24.3 Å². The SMILES string of the molecule is CCCOc1ccc(CN2CC(c3noc(-c4ccc(F)cc4)n3)CC2=O)cc1. The van der Waals surface area contributed by atoms with Crippen LogP contribution in [0.15, 0.2) is 53.1 Å². The molecular weight excluding hydrogens is 373 g/mol. The average Bonchev–Trinajstić information content (AvgIpc) is 3.35. The second-order valence-corrected chi connectivity index (χ2v) is 7.13. The molecule has 3 aromatic rings. The Morgan fingerprint density at radius 2 is 1.93 bits per heavy atom. The molecule has 0 saturated carbocycles. The Labute approximate surface area is 168 Å². The number of halogens is 1. The quantitative estimate of drug-likeness (QED) is 0.600. The van der Waals surface area contributed by atoms with Crippen LogP contribution in [0.1, 0.15) is 37.1 Å². The van der Waals surface area contributed by atoms with Crippen LogP contribution in [0.4, 0.5) is 4.39 Å². The molecule has 0 N–H and O–H groups in total. The van der Waals surface area contributed by atoms with Crippen molar-refractivity contribution in [2.75, 3.05) is 13.2 Å². The minimum Gasteiger partial charge on any atom is -0.494 e. The Morgan fingerprint density at radius 3 is 2.66 bits per heavy atom. The summed E-state index contributed by atoms with van der Waals surface area (Å²) < 4.78 is 24.0. The first-order valence-corrected chi connectivity index (χ1v) is 9.71. The van der Waals surface area contributed by atoms with Gasteiger partial charge in [-0.3, -0.25) is 4.79 Å².